The van der Waals surface area contributed by atoms with Gasteiger partial charge in [-0.2, -0.15) is 0 Å². The highest BCUT2D eigenvalue weighted by molar-refractivity contribution is 5.39. The van der Waals surface area contributed by atoms with Crippen LogP contribution in [0.15, 0.2) is 30.4 Å². The number of allylic oxidation sites excluding steroid dienone is 2. The fourth-order valence-electron chi connectivity index (χ4n) is 5.06. The third-order valence-corrected chi connectivity index (χ3v) is 5.93. The van der Waals surface area contributed by atoms with Gasteiger partial charge in [-0.25, -0.2) is 0 Å². The molecule has 1 aromatic rings. The quantitative estimate of drug-likeness (QED) is 0.669. The summed E-state index contributed by atoms with van der Waals surface area (Å²) < 4.78 is 0. The SMILES string of the molecule is CCCc1cccc2c1CCC1(C2)CC2C=CC1C2. The Kier molecular flexibility index (Phi) is 2.62. The van der Waals surface area contributed by atoms with Crippen LogP contribution in [0.5, 0.6) is 0 Å². The summed E-state index contributed by atoms with van der Waals surface area (Å²) in [7, 11) is 0. The second-order valence-corrected chi connectivity index (χ2v) is 7.04. The van der Waals surface area contributed by atoms with Gasteiger partial charge in [-0.3, -0.25) is 0 Å². The Morgan fingerprint density at radius 1 is 1.26 bits per heavy atom. The van der Waals surface area contributed by atoms with Crippen molar-refractivity contribution in [2.24, 2.45) is 17.3 Å². The van der Waals surface area contributed by atoms with Gasteiger partial charge in [0.25, 0.3) is 0 Å². The van der Waals surface area contributed by atoms with Crippen molar-refractivity contribution in [1.29, 1.82) is 0 Å². The summed E-state index contributed by atoms with van der Waals surface area (Å²) in [6.07, 6.45) is 14.6. The summed E-state index contributed by atoms with van der Waals surface area (Å²) in [6, 6.07) is 7.07. The van der Waals surface area contributed by atoms with Crippen LogP contribution < -0.4 is 0 Å². The van der Waals surface area contributed by atoms with Gasteiger partial charge in [-0.1, -0.05) is 43.7 Å². The molecular formula is C19H24. The largest absolute Gasteiger partial charge is 0.0851 e. The van der Waals surface area contributed by atoms with E-state index in [2.05, 4.69) is 37.3 Å². The summed E-state index contributed by atoms with van der Waals surface area (Å²) in [5.41, 5.74) is 5.66. The highest BCUT2D eigenvalue weighted by atomic mass is 14.5. The second kappa shape index (κ2) is 4.23. The van der Waals surface area contributed by atoms with E-state index in [0.717, 1.165) is 11.8 Å². The molecule has 100 valence electrons. The first kappa shape index (κ1) is 11.8. The van der Waals surface area contributed by atoms with Crippen LogP contribution in [0.2, 0.25) is 0 Å². The minimum atomic E-state index is 0.636. The normalized spacial score (nSPS) is 35.0. The lowest BCUT2D eigenvalue weighted by molar-refractivity contribution is 0.194. The van der Waals surface area contributed by atoms with Gasteiger partial charge in [0.1, 0.15) is 0 Å². The molecule has 0 N–H and O–H groups in total. The van der Waals surface area contributed by atoms with Gasteiger partial charge in [0.15, 0.2) is 0 Å². The Balaban J connectivity index is 1.68. The number of hydrogen-bond acceptors (Lipinski definition) is 0. The maximum Gasteiger partial charge on any atom is -0.0168 e. The van der Waals surface area contributed by atoms with Crippen molar-refractivity contribution in [3.05, 3.63) is 47.0 Å². The molecule has 1 spiro atoms. The zero-order chi connectivity index (χ0) is 12.9. The number of hydrogen-bond donors (Lipinski definition) is 0. The zero-order valence-corrected chi connectivity index (χ0v) is 12.0. The van der Waals surface area contributed by atoms with Crippen molar-refractivity contribution in [2.75, 3.05) is 0 Å². The number of fused-ring (bicyclic) bond motifs is 4. The lowest BCUT2D eigenvalue weighted by Crippen LogP contribution is -2.33. The van der Waals surface area contributed by atoms with Gasteiger partial charge >= 0.3 is 0 Å². The summed E-state index contributed by atoms with van der Waals surface area (Å²) in [4.78, 5) is 0. The standard InChI is InChI=1S/C19H24/c1-2-4-15-5-3-6-16-13-19(10-9-18(15)16)12-14-7-8-17(19)11-14/h3,5-8,14,17H,2,4,9-13H2,1H3. The van der Waals surface area contributed by atoms with Crippen LogP contribution in [0.4, 0.5) is 0 Å². The molecule has 1 saturated carbocycles. The molecule has 0 radical (unpaired) electrons. The van der Waals surface area contributed by atoms with Crippen LogP contribution in [-0.2, 0) is 19.3 Å². The highest BCUT2D eigenvalue weighted by Crippen LogP contribution is 2.57. The molecule has 0 aromatic heterocycles. The number of aryl methyl sites for hydroxylation is 1. The van der Waals surface area contributed by atoms with Gasteiger partial charge in [-0.05, 0) is 72.5 Å². The van der Waals surface area contributed by atoms with Gasteiger partial charge < -0.3 is 0 Å². The number of rotatable bonds is 2. The van der Waals surface area contributed by atoms with Crippen molar-refractivity contribution in [2.45, 2.75) is 51.9 Å². The van der Waals surface area contributed by atoms with Crippen LogP contribution in [0.1, 0.15) is 49.3 Å². The van der Waals surface area contributed by atoms with E-state index in [-0.39, 0.29) is 0 Å². The zero-order valence-electron chi connectivity index (χ0n) is 12.0. The molecule has 0 aliphatic heterocycles. The average Bonchev–Trinajstić information content (AvgIpc) is 2.99. The molecule has 0 amide bonds. The van der Waals surface area contributed by atoms with Crippen molar-refractivity contribution < 1.29 is 0 Å². The smallest absolute Gasteiger partial charge is 0.0168 e. The molecule has 0 saturated heterocycles. The first-order chi connectivity index (χ1) is 9.31. The van der Waals surface area contributed by atoms with E-state index in [0.29, 0.717) is 5.41 Å². The first-order valence-electron chi connectivity index (χ1n) is 8.09. The molecule has 2 bridgehead atoms. The third kappa shape index (κ3) is 1.72. The van der Waals surface area contributed by atoms with Crippen molar-refractivity contribution in [3.8, 4) is 0 Å². The Morgan fingerprint density at radius 3 is 2.95 bits per heavy atom. The molecule has 19 heavy (non-hydrogen) atoms. The topological polar surface area (TPSA) is 0 Å². The van der Waals surface area contributed by atoms with Gasteiger partial charge in [0.05, 0.1) is 0 Å². The maximum atomic E-state index is 2.54. The predicted molar refractivity (Wildman–Crippen MR) is 80.2 cm³/mol. The Bertz CT molecular complexity index is 525. The van der Waals surface area contributed by atoms with Crippen molar-refractivity contribution in [3.63, 3.8) is 0 Å². The van der Waals surface area contributed by atoms with E-state index < -0.39 is 0 Å². The van der Waals surface area contributed by atoms with E-state index >= 15 is 0 Å². The Morgan fingerprint density at radius 2 is 2.21 bits per heavy atom. The molecule has 0 heterocycles. The lowest BCUT2D eigenvalue weighted by atomic mass is 9.64. The Hall–Kier alpha value is -1.04. The first-order valence-corrected chi connectivity index (χ1v) is 8.09. The van der Waals surface area contributed by atoms with Crippen LogP contribution in [0, 0.1) is 17.3 Å². The van der Waals surface area contributed by atoms with E-state index in [9.17, 15) is 0 Å². The molecule has 4 rings (SSSR count). The molecule has 3 unspecified atom stereocenters. The minimum absolute atomic E-state index is 0.636. The van der Waals surface area contributed by atoms with Crippen molar-refractivity contribution >= 4 is 0 Å². The molecule has 3 aliphatic carbocycles. The van der Waals surface area contributed by atoms with E-state index in [1.807, 2.05) is 0 Å². The van der Waals surface area contributed by atoms with E-state index in [1.54, 1.807) is 16.7 Å². The predicted octanol–water partition coefficient (Wildman–Crippen LogP) is 4.71. The fraction of sp³-hybridized carbons (Fsp3) is 0.579. The molecule has 1 aromatic carbocycles. The van der Waals surface area contributed by atoms with Crippen LogP contribution in [0.25, 0.3) is 0 Å². The summed E-state index contributed by atoms with van der Waals surface area (Å²) >= 11 is 0. The molecule has 0 heteroatoms. The summed E-state index contributed by atoms with van der Waals surface area (Å²) in [6.45, 7) is 2.30. The number of benzene rings is 1. The molecule has 1 fully saturated rings. The molecule has 3 aliphatic rings. The van der Waals surface area contributed by atoms with E-state index in [1.165, 1.54) is 44.9 Å². The lowest BCUT2D eigenvalue weighted by Gasteiger charge is -2.40. The van der Waals surface area contributed by atoms with Crippen LogP contribution in [-0.4, -0.2) is 0 Å². The highest BCUT2D eigenvalue weighted by Gasteiger charge is 2.49. The van der Waals surface area contributed by atoms with E-state index in [4.69, 9.17) is 0 Å². The van der Waals surface area contributed by atoms with Gasteiger partial charge in [0, 0.05) is 0 Å². The molecular weight excluding hydrogens is 228 g/mol. The van der Waals surface area contributed by atoms with Gasteiger partial charge in [0.2, 0.25) is 0 Å². The maximum absolute atomic E-state index is 2.54. The van der Waals surface area contributed by atoms with Crippen molar-refractivity contribution in [1.82, 2.24) is 0 Å². The van der Waals surface area contributed by atoms with Crippen LogP contribution >= 0.6 is 0 Å². The average molecular weight is 252 g/mol. The monoisotopic (exact) mass is 252 g/mol. The van der Waals surface area contributed by atoms with Crippen LogP contribution in [0.3, 0.4) is 0 Å². The molecule has 3 atom stereocenters. The Labute approximate surface area is 116 Å². The summed E-state index contributed by atoms with van der Waals surface area (Å²) in [5, 5.41) is 0. The second-order valence-electron chi connectivity index (χ2n) is 7.04. The minimum Gasteiger partial charge on any atom is -0.0851 e. The fourth-order valence-corrected chi connectivity index (χ4v) is 5.06. The third-order valence-electron chi connectivity index (χ3n) is 5.93. The molecule has 0 nitrogen and oxygen atoms in total. The summed E-state index contributed by atoms with van der Waals surface area (Å²) in [5.74, 6) is 1.80. The van der Waals surface area contributed by atoms with Gasteiger partial charge in [-0.15, -0.1) is 0 Å².